The van der Waals surface area contributed by atoms with Gasteiger partial charge in [-0.05, 0) is 85.4 Å². The molecule has 3 aromatic carbocycles. The third-order valence-electron chi connectivity index (χ3n) is 12.9. The van der Waals surface area contributed by atoms with Crippen LogP contribution in [0.25, 0.3) is 11.1 Å². The van der Waals surface area contributed by atoms with Crippen LogP contribution in [0.15, 0.2) is 175 Å². The zero-order chi connectivity index (χ0) is 37.6. The van der Waals surface area contributed by atoms with Crippen molar-refractivity contribution in [2.24, 2.45) is 10.8 Å². The predicted octanol–water partition coefficient (Wildman–Crippen LogP) is 13.5. The molecule has 1 spiro atoms. The first-order valence-corrected chi connectivity index (χ1v) is 18.8. The molecular weight excluding hydrogens is 627 g/mol. The van der Waals surface area contributed by atoms with Crippen molar-refractivity contribution in [1.29, 1.82) is 0 Å². The van der Waals surface area contributed by atoms with Gasteiger partial charge in [0.2, 0.25) is 0 Å². The Balaban J connectivity index is 1.54. The second-order valence-electron chi connectivity index (χ2n) is 17.7. The van der Waals surface area contributed by atoms with E-state index in [4.69, 9.17) is 13.2 Å². The van der Waals surface area contributed by atoms with Gasteiger partial charge in [-0.15, -0.1) is 0 Å². The van der Waals surface area contributed by atoms with E-state index in [1.165, 1.54) is 50.1 Å². The molecule has 0 heterocycles. The summed E-state index contributed by atoms with van der Waals surface area (Å²) in [4.78, 5) is 2.40. The van der Waals surface area contributed by atoms with Gasteiger partial charge >= 0.3 is 0 Å². The highest BCUT2D eigenvalue weighted by molar-refractivity contribution is 5.92. The Morgan fingerprint density at radius 3 is 1.88 bits per heavy atom. The van der Waals surface area contributed by atoms with Crippen molar-refractivity contribution in [2.75, 3.05) is 4.90 Å². The summed E-state index contributed by atoms with van der Waals surface area (Å²) < 4.78 is 0. The number of allylic oxidation sites excluding steroid dienone is 11. The first-order valence-electron chi connectivity index (χ1n) is 18.8. The summed E-state index contributed by atoms with van der Waals surface area (Å²) >= 11 is 0. The summed E-state index contributed by atoms with van der Waals surface area (Å²) in [5.41, 5.74) is 16.5. The Bertz CT molecular complexity index is 2230. The molecule has 0 radical (unpaired) electrons. The molecule has 1 nitrogen and oxygen atoms in total. The molecule has 1 heteroatoms. The number of nitrogens with zero attached hydrogens (tertiary/aromatic N) is 1. The number of hydrogen-bond donors (Lipinski definition) is 0. The Morgan fingerprint density at radius 2 is 1.23 bits per heavy atom. The van der Waals surface area contributed by atoms with Gasteiger partial charge in [-0.25, -0.2) is 0 Å². The van der Waals surface area contributed by atoms with E-state index in [1.807, 2.05) is 12.2 Å². The van der Waals surface area contributed by atoms with Crippen molar-refractivity contribution in [3.8, 4) is 11.1 Å². The average molecular weight is 682 g/mol. The number of anilines is 1. The number of benzene rings is 3. The molecule has 0 aromatic heterocycles. The predicted molar refractivity (Wildman–Crippen MR) is 225 cm³/mol. The Labute approximate surface area is 313 Å². The molecule has 1 fully saturated rings. The molecule has 1 unspecified atom stereocenters. The second kappa shape index (κ2) is 11.8. The fraction of sp³-hybridized carbons (Fsp3) is 0.294. The Kier molecular flexibility index (Phi) is 8.07. The molecule has 1 saturated carbocycles. The monoisotopic (exact) mass is 681 g/mol. The van der Waals surface area contributed by atoms with Gasteiger partial charge in [0, 0.05) is 39.3 Å². The largest absolute Gasteiger partial charge is 0.316 e. The van der Waals surface area contributed by atoms with Crippen molar-refractivity contribution in [3.63, 3.8) is 0 Å². The van der Waals surface area contributed by atoms with Gasteiger partial charge in [-0.2, -0.15) is 0 Å². The molecule has 0 N–H and O–H groups in total. The fourth-order valence-corrected chi connectivity index (χ4v) is 10.9. The summed E-state index contributed by atoms with van der Waals surface area (Å²) in [6.45, 7) is 41.4. The summed E-state index contributed by atoms with van der Waals surface area (Å²) in [5, 5.41) is 0. The lowest BCUT2D eigenvalue weighted by Gasteiger charge is -2.34. The van der Waals surface area contributed by atoms with Gasteiger partial charge in [-0.3, -0.25) is 0 Å². The number of rotatable bonds is 7. The van der Waals surface area contributed by atoms with Crippen LogP contribution in [-0.4, -0.2) is 0 Å². The van der Waals surface area contributed by atoms with Crippen LogP contribution in [0, 0.1) is 10.8 Å². The quantitative estimate of drug-likeness (QED) is 0.240. The molecule has 7 rings (SSSR count). The molecule has 0 aliphatic heterocycles. The van der Waals surface area contributed by atoms with E-state index in [0.29, 0.717) is 0 Å². The summed E-state index contributed by atoms with van der Waals surface area (Å²) in [6.07, 6.45) is 14.5. The zero-order valence-electron chi connectivity index (χ0n) is 32.7. The minimum absolute atomic E-state index is 0.0420. The van der Waals surface area contributed by atoms with Gasteiger partial charge in [0.25, 0.3) is 0 Å². The topological polar surface area (TPSA) is 3.24 Å². The van der Waals surface area contributed by atoms with E-state index in [2.05, 4.69) is 171 Å². The second-order valence-corrected chi connectivity index (χ2v) is 17.7. The van der Waals surface area contributed by atoms with Crippen molar-refractivity contribution in [1.82, 2.24) is 0 Å². The maximum atomic E-state index is 5.08. The van der Waals surface area contributed by atoms with Crippen LogP contribution < -0.4 is 4.90 Å². The van der Waals surface area contributed by atoms with Crippen molar-refractivity contribution in [3.05, 3.63) is 198 Å². The highest BCUT2D eigenvalue weighted by atomic mass is 15.1. The van der Waals surface area contributed by atoms with Crippen LogP contribution in [0.2, 0.25) is 0 Å². The minimum atomic E-state index is -0.285. The molecule has 52 heavy (non-hydrogen) atoms. The van der Waals surface area contributed by atoms with Crippen LogP contribution >= 0.6 is 0 Å². The Morgan fingerprint density at radius 1 is 0.654 bits per heavy atom. The molecule has 0 bridgehead atoms. The van der Waals surface area contributed by atoms with Gasteiger partial charge in [0.1, 0.15) is 0 Å². The Hall–Kier alpha value is -4.88. The summed E-state index contributed by atoms with van der Waals surface area (Å²) in [6, 6.07) is 24.8. The summed E-state index contributed by atoms with van der Waals surface area (Å²) in [5.74, 6) is 0. The third kappa shape index (κ3) is 4.81. The maximum Gasteiger partial charge on any atom is 0.0537 e. The molecule has 1 atom stereocenters. The number of hydrogen-bond acceptors (Lipinski definition) is 1. The molecule has 4 aliphatic carbocycles. The van der Waals surface area contributed by atoms with E-state index in [-0.39, 0.29) is 27.1 Å². The van der Waals surface area contributed by atoms with Gasteiger partial charge in [-0.1, -0.05) is 179 Å². The normalized spacial score (nSPS) is 25.1. The highest BCUT2D eigenvalue weighted by Gasteiger charge is 2.57. The van der Waals surface area contributed by atoms with Crippen molar-refractivity contribution < 1.29 is 0 Å². The number of fused-ring (bicyclic) bond motifs is 5. The highest BCUT2D eigenvalue weighted by Crippen LogP contribution is 2.65. The van der Waals surface area contributed by atoms with Crippen LogP contribution in [0.1, 0.15) is 90.5 Å². The first-order chi connectivity index (χ1) is 24.5. The maximum absolute atomic E-state index is 5.08. The molecule has 0 saturated heterocycles. The van der Waals surface area contributed by atoms with E-state index in [9.17, 15) is 0 Å². The lowest BCUT2D eigenvalue weighted by Crippen LogP contribution is -2.27. The van der Waals surface area contributed by atoms with Gasteiger partial charge in [0.05, 0.1) is 5.69 Å². The zero-order valence-corrected chi connectivity index (χ0v) is 32.7. The van der Waals surface area contributed by atoms with Gasteiger partial charge in [0.15, 0.2) is 0 Å². The lowest BCUT2D eigenvalue weighted by atomic mass is 9.71. The van der Waals surface area contributed by atoms with Gasteiger partial charge < -0.3 is 4.90 Å². The minimum Gasteiger partial charge on any atom is -0.316 e. The fourth-order valence-electron chi connectivity index (χ4n) is 10.9. The van der Waals surface area contributed by atoms with Crippen LogP contribution in [0.5, 0.6) is 0 Å². The summed E-state index contributed by atoms with van der Waals surface area (Å²) in [7, 11) is 0. The van der Waals surface area contributed by atoms with E-state index in [0.717, 1.165) is 40.9 Å². The first kappa shape index (κ1) is 35.5. The van der Waals surface area contributed by atoms with E-state index >= 15 is 0 Å². The lowest BCUT2D eigenvalue weighted by molar-refractivity contribution is 0.318. The molecular formula is C51H55N. The standard InChI is InChI=1S/C51H55N/c1-14-22-38-33(4)36(39(23-15-2)49(38,10)11)30-52(44-29-21-28-43-45(44)35-24-17-18-25-40(35)50(43,12)13)34(5)46-37(16-3)51(32-48(46,8)9)31-47(6,7)41-26-19-20-27-42(41)51/h14-30H,1-5,31-32H2,6-13H3/b36-30+,38-22+,39-23+. The van der Waals surface area contributed by atoms with Crippen LogP contribution in [0.4, 0.5) is 5.69 Å². The van der Waals surface area contributed by atoms with Crippen molar-refractivity contribution in [2.45, 2.75) is 84.5 Å². The van der Waals surface area contributed by atoms with E-state index < -0.39 is 0 Å². The van der Waals surface area contributed by atoms with E-state index in [1.54, 1.807) is 0 Å². The third-order valence-corrected chi connectivity index (χ3v) is 12.9. The molecule has 3 aromatic rings. The average Bonchev–Trinajstić information content (AvgIpc) is 3.64. The van der Waals surface area contributed by atoms with Crippen LogP contribution in [0.3, 0.4) is 0 Å². The molecule has 4 aliphatic rings. The molecule has 0 amide bonds. The molecule has 264 valence electrons. The SMILES string of the molecule is C=C/C=C1\C(=C)C(=C\N(C(=C)C2=C(C=C)C3(CC2(C)C)CC(C)(C)c2ccccc23)c2cccc3c2-c2ccccc2C3(C)C)/C(=C\C=C)C1(C)C. The van der Waals surface area contributed by atoms with Crippen molar-refractivity contribution >= 4 is 5.69 Å². The smallest absolute Gasteiger partial charge is 0.0537 e. The van der Waals surface area contributed by atoms with Crippen LogP contribution in [-0.2, 0) is 16.2 Å².